The number of hydrogen-bond acceptors (Lipinski definition) is 1. The van der Waals surface area contributed by atoms with E-state index >= 15 is 0 Å². The lowest BCUT2D eigenvalue weighted by Crippen LogP contribution is -2.40. The van der Waals surface area contributed by atoms with Crippen molar-refractivity contribution in [2.75, 3.05) is 6.54 Å². The molecule has 0 aromatic carbocycles. The molecule has 1 aliphatic carbocycles. The van der Waals surface area contributed by atoms with Crippen molar-refractivity contribution in [1.29, 1.82) is 0 Å². The van der Waals surface area contributed by atoms with Crippen molar-refractivity contribution in [3.05, 3.63) is 0 Å². The van der Waals surface area contributed by atoms with E-state index in [0.29, 0.717) is 5.41 Å². The smallest absolute Gasteiger partial charge is 0.00955 e. The van der Waals surface area contributed by atoms with Crippen LogP contribution in [-0.2, 0) is 0 Å². The topological polar surface area (TPSA) is 12.0 Å². The molecule has 1 heterocycles. The highest BCUT2D eigenvalue weighted by molar-refractivity contribution is 4.87. The van der Waals surface area contributed by atoms with Crippen LogP contribution in [0.3, 0.4) is 0 Å². The minimum Gasteiger partial charge on any atom is -0.314 e. The van der Waals surface area contributed by atoms with Crippen LogP contribution >= 0.6 is 0 Å². The van der Waals surface area contributed by atoms with E-state index in [9.17, 15) is 0 Å². The van der Waals surface area contributed by atoms with Crippen molar-refractivity contribution < 1.29 is 0 Å². The van der Waals surface area contributed by atoms with Gasteiger partial charge in [-0.05, 0) is 56.4 Å². The second-order valence-electron chi connectivity index (χ2n) is 5.70. The van der Waals surface area contributed by atoms with Crippen molar-refractivity contribution in [3.63, 3.8) is 0 Å². The summed E-state index contributed by atoms with van der Waals surface area (Å²) in [5, 5.41) is 3.70. The molecule has 2 aliphatic rings. The molecule has 1 heteroatoms. The van der Waals surface area contributed by atoms with Gasteiger partial charge in [0.1, 0.15) is 0 Å². The molecule has 0 bridgehead atoms. The molecule has 76 valence electrons. The normalized spacial score (nSPS) is 39.2. The fourth-order valence-electron chi connectivity index (χ4n) is 2.95. The Morgan fingerprint density at radius 1 is 1.08 bits per heavy atom. The van der Waals surface area contributed by atoms with Gasteiger partial charge in [-0.3, -0.25) is 0 Å². The standard InChI is InChI=1S/C12H23N/c1-12(2)7-5-10-4-3-9-13-11(10)6-8-12/h10-11,13H,3-9H2,1-2H3. The zero-order chi connectivity index (χ0) is 9.31. The summed E-state index contributed by atoms with van der Waals surface area (Å²) in [7, 11) is 0. The summed E-state index contributed by atoms with van der Waals surface area (Å²) in [6, 6.07) is 0.857. The van der Waals surface area contributed by atoms with Gasteiger partial charge in [0, 0.05) is 6.04 Å². The average molecular weight is 181 g/mol. The number of rotatable bonds is 0. The van der Waals surface area contributed by atoms with Gasteiger partial charge in [0.2, 0.25) is 0 Å². The monoisotopic (exact) mass is 181 g/mol. The minimum atomic E-state index is 0.610. The maximum atomic E-state index is 3.70. The van der Waals surface area contributed by atoms with Gasteiger partial charge < -0.3 is 5.32 Å². The van der Waals surface area contributed by atoms with Gasteiger partial charge in [-0.1, -0.05) is 13.8 Å². The van der Waals surface area contributed by atoms with Gasteiger partial charge in [0.05, 0.1) is 0 Å². The fraction of sp³-hybridized carbons (Fsp3) is 1.00. The molecule has 13 heavy (non-hydrogen) atoms. The predicted octanol–water partition coefficient (Wildman–Crippen LogP) is 2.95. The Morgan fingerprint density at radius 3 is 2.69 bits per heavy atom. The molecule has 0 aromatic rings. The first-order chi connectivity index (χ1) is 6.17. The first-order valence-electron chi connectivity index (χ1n) is 5.91. The number of fused-ring (bicyclic) bond motifs is 1. The molecule has 0 radical (unpaired) electrons. The van der Waals surface area contributed by atoms with Gasteiger partial charge in [0.15, 0.2) is 0 Å². The molecule has 2 rings (SSSR count). The number of nitrogens with one attached hydrogen (secondary N) is 1. The lowest BCUT2D eigenvalue weighted by atomic mass is 9.84. The van der Waals surface area contributed by atoms with Gasteiger partial charge in [0.25, 0.3) is 0 Å². The lowest BCUT2D eigenvalue weighted by Gasteiger charge is -2.30. The van der Waals surface area contributed by atoms with Crippen LogP contribution < -0.4 is 5.32 Å². The Labute approximate surface area is 82.3 Å². The summed E-state index contributed by atoms with van der Waals surface area (Å²) < 4.78 is 0. The molecule has 2 unspecified atom stereocenters. The van der Waals surface area contributed by atoms with E-state index in [-0.39, 0.29) is 0 Å². The van der Waals surface area contributed by atoms with Crippen LogP contribution in [0.15, 0.2) is 0 Å². The van der Waals surface area contributed by atoms with E-state index in [2.05, 4.69) is 19.2 Å². The van der Waals surface area contributed by atoms with E-state index in [1.807, 2.05) is 0 Å². The van der Waals surface area contributed by atoms with Crippen LogP contribution in [0, 0.1) is 11.3 Å². The minimum absolute atomic E-state index is 0.610. The third kappa shape index (κ3) is 2.25. The lowest BCUT2D eigenvalue weighted by molar-refractivity contribution is 0.266. The molecule has 1 aliphatic heterocycles. The summed E-state index contributed by atoms with van der Waals surface area (Å²) >= 11 is 0. The SMILES string of the molecule is CC1(C)CCC2CCCNC2CC1. The third-order valence-electron chi connectivity index (χ3n) is 4.05. The summed E-state index contributed by atoms with van der Waals surface area (Å²) in [6.07, 6.45) is 8.62. The Balaban J connectivity index is 1.99. The Hall–Kier alpha value is -0.0400. The summed E-state index contributed by atoms with van der Waals surface area (Å²) in [4.78, 5) is 0. The van der Waals surface area contributed by atoms with E-state index < -0.39 is 0 Å². The van der Waals surface area contributed by atoms with Crippen molar-refractivity contribution in [1.82, 2.24) is 5.32 Å². The van der Waals surface area contributed by atoms with Gasteiger partial charge in [-0.2, -0.15) is 0 Å². The zero-order valence-corrected chi connectivity index (χ0v) is 9.10. The van der Waals surface area contributed by atoms with E-state index in [0.717, 1.165) is 12.0 Å². The van der Waals surface area contributed by atoms with Crippen molar-refractivity contribution >= 4 is 0 Å². The Bertz CT molecular complexity index is 156. The largest absolute Gasteiger partial charge is 0.314 e. The van der Waals surface area contributed by atoms with Crippen LogP contribution in [0.25, 0.3) is 0 Å². The average Bonchev–Trinajstić information content (AvgIpc) is 2.27. The second kappa shape index (κ2) is 3.61. The van der Waals surface area contributed by atoms with Crippen LogP contribution in [-0.4, -0.2) is 12.6 Å². The fourth-order valence-corrected chi connectivity index (χ4v) is 2.95. The number of hydrogen-bond donors (Lipinski definition) is 1. The Morgan fingerprint density at radius 2 is 1.85 bits per heavy atom. The molecule has 1 N–H and O–H groups in total. The Kier molecular flexibility index (Phi) is 2.64. The molecule has 0 amide bonds. The molecule has 1 saturated carbocycles. The zero-order valence-electron chi connectivity index (χ0n) is 9.10. The third-order valence-corrected chi connectivity index (χ3v) is 4.05. The van der Waals surface area contributed by atoms with Gasteiger partial charge >= 0.3 is 0 Å². The quantitative estimate of drug-likeness (QED) is 0.606. The number of piperidine rings is 1. The van der Waals surface area contributed by atoms with Crippen LogP contribution in [0.1, 0.15) is 52.4 Å². The first kappa shape index (κ1) is 9.51. The van der Waals surface area contributed by atoms with Crippen LogP contribution in [0.5, 0.6) is 0 Å². The molecule has 1 nitrogen and oxygen atoms in total. The van der Waals surface area contributed by atoms with Crippen LogP contribution in [0.4, 0.5) is 0 Å². The first-order valence-corrected chi connectivity index (χ1v) is 5.91. The maximum absolute atomic E-state index is 3.70. The second-order valence-corrected chi connectivity index (χ2v) is 5.70. The molecular formula is C12H23N. The molecule has 2 atom stereocenters. The van der Waals surface area contributed by atoms with Crippen molar-refractivity contribution in [2.24, 2.45) is 11.3 Å². The molecular weight excluding hydrogens is 158 g/mol. The molecule has 0 aromatic heterocycles. The van der Waals surface area contributed by atoms with Gasteiger partial charge in [-0.15, -0.1) is 0 Å². The van der Waals surface area contributed by atoms with E-state index in [1.165, 1.54) is 45.1 Å². The maximum Gasteiger partial charge on any atom is 0.00955 e. The summed E-state index contributed by atoms with van der Waals surface area (Å²) in [5.41, 5.74) is 0.610. The summed E-state index contributed by atoms with van der Waals surface area (Å²) in [6.45, 7) is 6.14. The molecule has 1 saturated heterocycles. The highest BCUT2D eigenvalue weighted by Crippen LogP contribution is 2.38. The van der Waals surface area contributed by atoms with E-state index in [1.54, 1.807) is 0 Å². The van der Waals surface area contributed by atoms with Gasteiger partial charge in [-0.25, -0.2) is 0 Å². The highest BCUT2D eigenvalue weighted by atomic mass is 14.9. The predicted molar refractivity (Wildman–Crippen MR) is 56.8 cm³/mol. The highest BCUT2D eigenvalue weighted by Gasteiger charge is 2.31. The van der Waals surface area contributed by atoms with Crippen molar-refractivity contribution in [2.45, 2.75) is 58.4 Å². The van der Waals surface area contributed by atoms with Crippen LogP contribution in [0.2, 0.25) is 0 Å². The molecule has 2 fully saturated rings. The summed E-state index contributed by atoms with van der Waals surface area (Å²) in [5.74, 6) is 0.996. The molecule has 0 spiro atoms. The van der Waals surface area contributed by atoms with Crippen molar-refractivity contribution in [3.8, 4) is 0 Å². The van der Waals surface area contributed by atoms with E-state index in [4.69, 9.17) is 0 Å².